The minimum absolute atomic E-state index is 0. The summed E-state index contributed by atoms with van der Waals surface area (Å²) in [6, 6.07) is 0.311. The number of rotatable bonds is 6. The first-order chi connectivity index (χ1) is 13.0. The zero-order valence-electron chi connectivity index (χ0n) is 16.3. The summed E-state index contributed by atoms with van der Waals surface area (Å²) in [7, 11) is 0. The molecule has 0 radical (unpaired) electrons. The van der Waals surface area contributed by atoms with E-state index >= 15 is 0 Å². The molecule has 2 atom stereocenters. The molecule has 0 saturated heterocycles. The van der Waals surface area contributed by atoms with Crippen LogP contribution in [-0.4, -0.2) is 45.3 Å². The highest BCUT2D eigenvalue weighted by Gasteiger charge is 2.24. The number of carbonyl (C=O) groups is 1. The molecule has 0 unspecified atom stereocenters. The van der Waals surface area contributed by atoms with Crippen LogP contribution in [0.15, 0.2) is 6.20 Å². The average molecular weight is 410 g/mol. The van der Waals surface area contributed by atoms with Crippen molar-refractivity contribution >= 4 is 5.91 Å². The predicted octanol–water partition coefficient (Wildman–Crippen LogP) is 4.28. The van der Waals surface area contributed by atoms with E-state index in [1.165, 1.54) is 6.20 Å². The topological polar surface area (TPSA) is 93.6 Å². The van der Waals surface area contributed by atoms with Crippen molar-refractivity contribution in [2.75, 3.05) is 0 Å². The molecule has 3 rings (SSSR count). The third-order valence-electron chi connectivity index (χ3n) is 5.17. The molecule has 29 heavy (non-hydrogen) atoms. The molecule has 1 aromatic heterocycles. The Morgan fingerprint density at radius 1 is 1.10 bits per heavy atom. The van der Waals surface area contributed by atoms with Gasteiger partial charge in [-0.1, -0.05) is 27.7 Å². The Balaban J connectivity index is 0.00000210. The second kappa shape index (κ2) is 12.0. The predicted molar refractivity (Wildman–Crippen MR) is 114 cm³/mol. The summed E-state index contributed by atoms with van der Waals surface area (Å²) in [4.78, 5) is 21.4. The van der Waals surface area contributed by atoms with E-state index in [1.807, 2.05) is 13.8 Å². The van der Waals surface area contributed by atoms with Crippen molar-refractivity contribution in [1.82, 2.24) is 15.3 Å². The molecule has 2 saturated carbocycles. The van der Waals surface area contributed by atoms with Crippen LogP contribution in [0, 0.1) is 0 Å². The lowest BCUT2D eigenvalue weighted by atomic mass is 9.95. The minimum atomic E-state index is -0.268. The first-order valence-electron chi connectivity index (χ1n) is 10.2. The van der Waals surface area contributed by atoms with E-state index in [4.69, 9.17) is 9.47 Å². The standard InChI is InChI=1S/C20H31N3O4.2CH4/c1-13(2)26-19-17(12-21-20(23-19)27-16-8-5-9-16)18(25)22-14-6-3-4-7-15(24)11-10-14;;/h12-16,24H,3-11H2,1-2H3,(H,22,25);2*1H4/t14-,15+;;/m1../s1. The molecule has 7 nitrogen and oxygen atoms in total. The van der Waals surface area contributed by atoms with Crippen LogP contribution in [0.3, 0.4) is 0 Å². The fourth-order valence-corrected chi connectivity index (χ4v) is 3.37. The Morgan fingerprint density at radius 3 is 2.48 bits per heavy atom. The molecule has 0 aromatic carbocycles. The Bertz CT molecular complexity index is 634. The fourth-order valence-electron chi connectivity index (χ4n) is 3.37. The molecule has 0 bridgehead atoms. The highest BCUT2D eigenvalue weighted by molar-refractivity contribution is 5.96. The van der Waals surface area contributed by atoms with Crippen molar-refractivity contribution < 1.29 is 19.4 Å². The first-order valence-corrected chi connectivity index (χ1v) is 10.2. The van der Waals surface area contributed by atoms with Crippen LogP contribution in [-0.2, 0) is 0 Å². The van der Waals surface area contributed by atoms with Crippen molar-refractivity contribution in [2.24, 2.45) is 0 Å². The highest BCUT2D eigenvalue weighted by atomic mass is 16.5. The molecule has 2 N–H and O–H groups in total. The van der Waals surface area contributed by atoms with E-state index in [0.29, 0.717) is 12.0 Å². The van der Waals surface area contributed by atoms with Crippen molar-refractivity contribution in [3.63, 3.8) is 0 Å². The fraction of sp³-hybridized carbons (Fsp3) is 0.773. The van der Waals surface area contributed by atoms with Gasteiger partial charge in [-0.3, -0.25) is 4.79 Å². The zero-order valence-corrected chi connectivity index (χ0v) is 16.3. The molecular formula is C22H39N3O4. The van der Waals surface area contributed by atoms with Gasteiger partial charge < -0.3 is 19.9 Å². The molecular weight excluding hydrogens is 370 g/mol. The smallest absolute Gasteiger partial charge is 0.319 e. The van der Waals surface area contributed by atoms with Gasteiger partial charge in [-0.05, 0) is 58.8 Å². The van der Waals surface area contributed by atoms with Gasteiger partial charge in [-0.15, -0.1) is 0 Å². The van der Waals surface area contributed by atoms with Gasteiger partial charge in [0.15, 0.2) is 0 Å². The van der Waals surface area contributed by atoms with Gasteiger partial charge in [0, 0.05) is 6.04 Å². The molecule has 7 heteroatoms. The Kier molecular flexibility index (Phi) is 10.4. The van der Waals surface area contributed by atoms with Crippen LogP contribution in [0.1, 0.15) is 96.8 Å². The second-order valence-corrected chi connectivity index (χ2v) is 7.89. The highest BCUT2D eigenvalue weighted by Crippen LogP contribution is 2.26. The lowest BCUT2D eigenvalue weighted by Gasteiger charge is -2.25. The van der Waals surface area contributed by atoms with Crippen LogP contribution in [0.25, 0.3) is 0 Å². The molecule has 0 aliphatic heterocycles. The van der Waals surface area contributed by atoms with Gasteiger partial charge in [-0.25, -0.2) is 4.98 Å². The second-order valence-electron chi connectivity index (χ2n) is 7.89. The number of amides is 1. The largest absolute Gasteiger partial charge is 0.474 e. The number of ether oxygens (including phenoxy) is 2. The molecule has 0 spiro atoms. The Morgan fingerprint density at radius 2 is 1.83 bits per heavy atom. The van der Waals surface area contributed by atoms with E-state index in [9.17, 15) is 9.90 Å². The normalized spacial score (nSPS) is 22.2. The van der Waals surface area contributed by atoms with Crippen molar-refractivity contribution in [3.05, 3.63) is 11.8 Å². The third kappa shape index (κ3) is 7.46. The SMILES string of the molecule is C.C.CC(C)Oc1nc(OC2CCC2)ncc1C(=O)N[C@@H]1CCCC[C@H](O)CC1. The van der Waals surface area contributed by atoms with Crippen LogP contribution < -0.4 is 14.8 Å². The number of carbonyl (C=O) groups excluding carboxylic acids is 1. The summed E-state index contributed by atoms with van der Waals surface area (Å²) < 4.78 is 11.5. The number of aromatic nitrogens is 2. The summed E-state index contributed by atoms with van der Waals surface area (Å²) in [6.45, 7) is 3.79. The van der Waals surface area contributed by atoms with Crippen molar-refractivity contribution in [2.45, 2.75) is 111 Å². The summed E-state index contributed by atoms with van der Waals surface area (Å²) in [6.07, 6.45) is 9.72. The van der Waals surface area contributed by atoms with E-state index < -0.39 is 0 Å². The van der Waals surface area contributed by atoms with E-state index in [2.05, 4.69) is 15.3 Å². The van der Waals surface area contributed by atoms with Gasteiger partial charge in [-0.2, -0.15) is 4.98 Å². The Hall–Kier alpha value is -1.89. The first kappa shape index (κ1) is 25.1. The minimum Gasteiger partial charge on any atom is -0.474 e. The van der Waals surface area contributed by atoms with Crippen molar-refractivity contribution in [3.8, 4) is 11.9 Å². The molecule has 1 amide bonds. The van der Waals surface area contributed by atoms with Crippen molar-refractivity contribution in [1.29, 1.82) is 0 Å². The lowest BCUT2D eigenvalue weighted by molar-refractivity contribution is 0.0897. The number of nitrogens with zero attached hydrogens (tertiary/aromatic N) is 2. The third-order valence-corrected chi connectivity index (χ3v) is 5.17. The Labute approximate surface area is 175 Å². The van der Waals surface area contributed by atoms with E-state index in [-0.39, 0.29) is 57.0 Å². The number of aliphatic hydroxyl groups excluding tert-OH is 1. The van der Waals surface area contributed by atoms with Gasteiger partial charge in [0.1, 0.15) is 11.7 Å². The van der Waals surface area contributed by atoms with Gasteiger partial charge in [0.25, 0.3) is 5.91 Å². The maximum Gasteiger partial charge on any atom is 0.319 e. The maximum absolute atomic E-state index is 12.8. The summed E-state index contributed by atoms with van der Waals surface area (Å²) in [5.41, 5.74) is 0.326. The molecule has 2 fully saturated rings. The number of nitrogens with one attached hydrogen (secondary N) is 1. The molecule has 1 heterocycles. The van der Waals surface area contributed by atoms with Gasteiger partial charge in [0.2, 0.25) is 5.88 Å². The maximum atomic E-state index is 12.8. The molecule has 2 aliphatic carbocycles. The molecule has 166 valence electrons. The zero-order chi connectivity index (χ0) is 19.2. The number of hydrogen-bond donors (Lipinski definition) is 2. The van der Waals surface area contributed by atoms with Crippen LogP contribution in [0.5, 0.6) is 11.9 Å². The van der Waals surface area contributed by atoms with Crippen LogP contribution in [0.2, 0.25) is 0 Å². The van der Waals surface area contributed by atoms with Gasteiger partial charge >= 0.3 is 6.01 Å². The summed E-state index contributed by atoms with van der Waals surface area (Å²) in [5, 5.41) is 13.0. The van der Waals surface area contributed by atoms with Crippen LogP contribution in [0.4, 0.5) is 0 Å². The monoisotopic (exact) mass is 409 g/mol. The van der Waals surface area contributed by atoms with E-state index in [1.54, 1.807) is 0 Å². The summed E-state index contributed by atoms with van der Waals surface area (Å²) in [5.74, 6) is 0.0265. The number of hydrogen-bond acceptors (Lipinski definition) is 6. The molecule has 2 aliphatic rings. The van der Waals surface area contributed by atoms with Gasteiger partial charge in [0.05, 0.1) is 18.4 Å². The van der Waals surface area contributed by atoms with E-state index in [0.717, 1.165) is 51.4 Å². The summed E-state index contributed by atoms with van der Waals surface area (Å²) >= 11 is 0. The average Bonchev–Trinajstić information content (AvgIpc) is 2.57. The van der Waals surface area contributed by atoms with Crippen LogP contribution >= 0.6 is 0 Å². The quantitative estimate of drug-likeness (QED) is 0.728. The lowest BCUT2D eigenvalue weighted by Crippen LogP contribution is -2.37. The molecule has 1 aromatic rings. The number of aliphatic hydroxyl groups is 1.